The molecule has 0 unspecified atom stereocenters. The molecule has 4 heteroatoms. The van der Waals surface area contributed by atoms with E-state index in [0.29, 0.717) is 5.84 Å². The van der Waals surface area contributed by atoms with Gasteiger partial charge in [-0.1, -0.05) is 127 Å². The number of nitrogens with zero attached hydrogens (tertiary/aromatic N) is 3. The molecule has 0 fully saturated rings. The number of hydrogen-bond donors (Lipinski definition) is 1. The fraction of sp³-hybridized carbons (Fsp3) is 0.0952. The fourth-order valence-electron chi connectivity index (χ4n) is 5.56. The number of nitrogens with one attached hydrogen (secondary N) is 1. The van der Waals surface area contributed by atoms with Crippen LogP contribution in [0.3, 0.4) is 0 Å². The molecule has 1 aromatic heterocycles. The Kier molecular flexibility index (Phi) is 10.9. The molecule has 0 saturated carbocycles. The first-order valence-electron chi connectivity index (χ1n) is 15.4. The van der Waals surface area contributed by atoms with E-state index in [0.717, 1.165) is 30.5 Å². The molecule has 0 bridgehead atoms. The van der Waals surface area contributed by atoms with Crippen molar-refractivity contribution in [1.82, 2.24) is 4.98 Å². The second kappa shape index (κ2) is 15.8. The molecule has 5 aromatic carbocycles. The zero-order valence-corrected chi connectivity index (χ0v) is 26.2. The van der Waals surface area contributed by atoms with Gasteiger partial charge in [-0.05, 0) is 95.1 Å². The van der Waals surface area contributed by atoms with E-state index in [1.807, 2.05) is 54.7 Å². The molecule has 1 N–H and O–H groups in total. The van der Waals surface area contributed by atoms with Crippen molar-refractivity contribution < 1.29 is 0 Å². The van der Waals surface area contributed by atoms with Crippen molar-refractivity contribution in [1.29, 1.82) is 5.41 Å². The van der Waals surface area contributed by atoms with Gasteiger partial charge in [0.05, 0.1) is 12.1 Å². The average molecular weight is 599 g/mol. The predicted octanol–water partition coefficient (Wildman–Crippen LogP) is 10.9. The topological polar surface area (TPSA) is 61.5 Å². The summed E-state index contributed by atoms with van der Waals surface area (Å²) in [5.41, 5.74) is 9.52. The smallest absolute Gasteiger partial charge is 0.146 e. The fourth-order valence-corrected chi connectivity index (χ4v) is 5.56. The summed E-state index contributed by atoms with van der Waals surface area (Å²) in [4.78, 5) is 11.8. The van der Waals surface area contributed by atoms with Gasteiger partial charge in [0.25, 0.3) is 0 Å². The van der Waals surface area contributed by atoms with E-state index in [9.17, 15) is 0 Å². The molecule has 0 atom stereocenters. The van der Waals surface area contributed by atoms with E-state index >= 15 is 0 Å². The molecular weight excluding hydrogens is 560 g/mol. The van der Waals surface area contributed by atoms with Gasteiger partial charge in [-0.15, -0.1) is 0 Å². The molecule has 0 radical (unpaired) electrons. The van der Waals surface area contributed by atoms with Gasteiger partial charge in [0.15, 0.2) is 0 Å². The van der Waals surface area contributed by atoms with Crippen molar-refractivity contribution in [3.05, 3.63) is 162 Å². The SMILES string of the molecule is C=NC(=N)C1=CC=CCC1.C=NCc1ccccc1.Cc1cccc2cccc(-c3ccc(-c4ccnc5ccccc45)cc3)c12. The summed E-state index contributed by atoms with van der Waals surface area (Å²) in [6.07, 6.45) is 9.79. The van der Waals surface area contributed by atoms with Crippen molar-refractivity contribution in [3.8, 4) is 22.3 Å². The predicted molar refractivity (Wildman–Crippen MR) is 198 cm³/mol. The van der Waals surface area contributed by atoms with Crippen molar-refractivity contribution in [2.75, 3.05) is 0 Å². The molecule has 1 aliphatic rings. The molecular formula is C42H38N4. The Hall–Kier alpha value is -5.74. The van der Waals surface area contributed by atoms with Gasteiger partial charge in [0.2, 0.25) is 0 Å². The third-order valence-corrected chi connectivity index (χ3v) is 7.88. The number of para-hydroxylation sites is 1. The Morgan fingerprint density at radius 3 is 2.15 bits per heavy atom. The lowest BCUT2D eigenvalue weighted by molar-refractivity contribution is 0.997. The number of pyridine rings is 1. The Bertz CT molecular complexity index is 2010. The minimum Gasteiger partial charge on any atom is -0.296 e. The number of rotatable bonds is 5. The number of aliphatic imine (C=N–C) groups is 2. The Morgan fingerprint density at radius 1 is 0.761 bits per heavy atom. The lowest BCUT2D eigenvalue weighted by Crippen LogP contribution is -1.98. The molecule has 46 heavy (non-hydrogen) atoms. The van der Waals surface area contributed by atoms with Gasteiger partial charge in [0.1, 0.15) is 5.84 Å². The largest absolute Gasteiger partial charge is 0.296 e. The lowest BCUT2D eigenvalue weighted by Gasteiger charge is -2.11. The van der Waals surface area contributed by atoms with E-state index in [-0.39, 0.29) is 0 Å². The maximum Gasteiger partial charge on any atom is 0.146 e. The standard InChI is InChI=1S/C26H19N.C8H10N2.C8H9N/c1-18-6-4-7-21-8-5-10-23(26(18)21)20-14-12-19(13-15-20)22-16-17-27-25-11-3-2-9-24(22)25;1-10-8(9)7-5-3-2-4-6-7;1-9-7-8-5-3-2-4-6-8/h2-17H,1H3;2-3,5,9H,1,4,6H2;2-6H,1,7H2. The van der Waals surface area contributed by atoms with Gasteiger partial charge in [-0.2, -0.15) is 0 Å². The average Bonchev–Trinajstić information content (AvgIpc) is 3.12. The maximum atomic E-state index is 7.30. The zero-order valence-electron chi connectivity index (χ0n) is 26.2. The monoisotopic (exact) mass is 598 g/mol. The van der Waals surface area contributed by atoms with Crippen LogP contribution in [0, 0.1) is 12.3 Å². The summed E-state index contributed by atoms with van der Waals surface area (Å²) < 4.78 is 0. The Balaban J connectivity index is 0.000000179. The first-order valence-corrected chi connectivity index (χ1v) is 15.4. The minimum atomic E-state index is 0.310. The summed E-state index contributed by atoms with van der Waals surface area (Å²) >= 11 is 0. The first-order chi connectivity index (χ1) is 22.6. The molecule has 226 valence electrons. The second-order valence-electron chi connectivity index (χ2n) is 11.0. The minimum absolute atomic E-state index is 0.310. The number of fused-ring (bicyclic) bond motifs is 2. The number of aromatic nitrogens is 1. The second-order valence-corrected chi connectivity index (χ2v) is 11.0. The van der Waals surface area contributed by atoms with Crippen LogP contribution in [0.2, 0.25) is 0 Å². The molecule has 0 spiro atoms. The van der Waals surface area contributed by atoms with Gasteiger partial charge in [0, 0.05) is 11.6 Å². The zero-order chi connectivity index (χ0) is 32.1. The third kappa shape index (κ3) is 7.85. The summed E-state index contributed by atoms with van der Waals surface area (Å²) in [6.45, 7) is 9.61. The highest BCUT2D eigenvalue weighted by atomic mass is 14.8. The molecule has 1 aliphatic carbocycles. The van der Waals surface area contributed by atoms with Crippen LogP contribution in [0.25, 0.3) is 43.9 Å². The highest BCUT2D eigenvalue weighted by Gasteiger charge is 2.08. The van der Waals surface area contributed by atoms with Crippen LogP contribution in [0.1, 0.15) is 24.0 Å². The number of allylic oxidation sites excluding steroid dienone is 3. The Morgan fingerprint density at radius 2 is 1.46 bits per heavy atom. The van der Waals surface area contributed by atoms with Crippen LogP contribution in [0.4, 0.5) is 0 Å². The summed E-state index contributed by atoms with van der Waals surface area (Å²) in [5, 5.41) is 11.1. The Labute approximate surface area is 271 Å². The van der Waals surface area contributed by atoms with Gasteiger partial charge < -0.3 is 0 Å². The molecule has 7 rings (SSSR count). The number of hydrogen-bond acceptors (Lipinski definition) is 3. The van der Waals surface area contributed by atoms with Gasteiger partial charge >= 0.3 is 0 Å². The maximum absolute atomic E-state index is 7.30. The lowest BCUT2D eigenvalue weighted by atomic mass is 9.93. The quantitative estimate of drug-likeness (QED) is 0.156. The van der Waals surface area contributed by atoms with E-state index in [2.05, 4.69) is 126 Å². The summed E-state index contributed by atoms with van der Waals surface area (Å²) in [7, 11) is 0. The molecule has 1 heterocycles. The molecule has 0 amide bonds. The summed E-state index contributed by atoms with van der Waals surface area (Å²) in [6, 6.07) is 42.4. The van der Waals surface area contributed by atoms with Crippen LogP contribution in [0.15, 0.2) is 161 Å². The molecule has 4 nitrogen and oxygen atoms in total. The summed E-state index contributed by atoms with van der Waals surface area (Å²) in [5.74, 6) is 0.310. The van der Waals surface area contributed by atoms with Gasteiger partial charge in [-0.25, -0.2) is 4.99 Å². The number of amidine groups is 1. The highest BCUT2D eigenvalue weighted by Crippen LogP contribution is 2.33. The van der Waals surface area contributed by atoms with Crippen molar-refractivity contribution >= 4 is 40.9 Å². The molecule has 6 aromatic rings. The van der Waals surface area contributed by atoms with Crippen LogP contribution in [0.5, 0.6) is 0 Å². The van der Waals surface area contributed by atoms with Crippen LogP contribution in [-0.2, 0) is 6.54 Å². The number of aryl methyl sites for hydroxylation is 1. The van der Waals surface area contributed by atoms with Gasteiger partial charge in [-0.3, -0.25) is 15.4 Å². The van der Waals surface area contributed by atoms with Crippen LogP contribution in [-0.4, -0.2) is 24.3 Å². The van der Waals surface area contributed by atoms with E-state index in [1.165, 1.54) is 49.5 Å². The van der Waals surface area contributed by atoms with Crippen LogP contribution >= 0.6 is 0 Å². The van der Waals surface area contributed by atoms with Crippen molar-refractivity contribution in [3.63, 3.8) is 0 Å². The number of benzene rings is 5. The molecule has 0 saturated heterocycles. The van der Waals surface area contributed by atoms with Crippen LogP contribution < -0.4 is 0 Å². The normalized spacial score (nSPS) is 11.8. The van der Waals surface area contributed by atoms with E-state index in [1.54, 1.807) is 0 Å². The van der Waals surface area contributed by atoms with E-state index in [4.69, 9.17) is 5.41 Å². The molecule has 0 aliphatic heterocycles. The first kappa shape index (κ1) is 31.7. The van der Waals surface area contributed by atoms with Crippen molar-refractivity contribution in [2.24, 2.45) is 9.98 Å². The van der Waals surface area contributed by atoms with Crippen molar-refractivity contribution in [2.45, 2.75) is 26.3 Å². The highest BCUT2D eigenvalue weighted by molar-refractivity contribution is 6.00. The third-order valence-electron chi connectivity index (χ3n) is 7.88. The van der Waals surface area contributed by atoms with E-state index < -0.39 is 0 Å².